The smallest absolute Gasteiger partial charge is 0.0164 e. The average molecular weight is 286 g/mol. The van der Waals surface area contributed by atoms with Gasteiger partial charge in [0.05, 0.1) is 0 Å². The predicted octanol–water partition coefficient (Wildman–Crippen LogP) is 3.33. The van der Waals surface area contributed by atoms with E-state index in [4.69, 9.17) is 0 Å². The van der Waals surface area contributed by atoms with Gasteiger partial charge in [-0.3, -0.25) is 0 Å². The molecule has 116 valence electrons. The highest BCUT2D eigenvalue weighted by Gasteiger charge is 2.52. The molecule has 1 aromatic carbocycles. The Hall–Kier alpha value is -0.860. The molecule has 2 aliphatic rings. The summed E-state index contributed by atoms with van der Waals surface area (Å²) in [6.45, 7) is 11.2. The van der Waals surface area contributed by atoms with E-state index in [2.05, 4.69) is 62.6 Å². The Kier molecular flexibility index (Phi) is 4.11. The van der Waals surface area contributed by atoms with E-state index in [0.717, 1.165) is 24.3 Å². The van der Waals surface area contributed by atoms with Crippen molar-refractivity contribution in [2.24, 2.45) is 11.8 Å². The molecule has 1 aromatic rings. The molecular weight excluding hydrogens is 256 g/mol. The van der Waals surface area contributed by atoms with Gasteiger partial charge in [-0.15, -0.1) is 0 Å². The first-order chi connectivity index (χ1) is 9.96. The molecule has 0 bridgehead atoms. The second kappa shape index (κ2) is 5.73. The molecule has 0 saturated heterocycles. The van der Waals surface area contributed by atoms with Crippen molar-refractivity contribution in [2.45, 2.75) is 58.0 Å². The van der Waals surface area contributed by atoms with Crippen LogP contribution in [-0.2, 0) is 6.42 Å². The van der Waals surface area contributed by atoms with Gasteiger partial charge in [0.25, 0.3) is 0 Å². The normalized spacial score (nSPS) is 28.7. The molecule has 4 unspecified atom stereocenters. The maximum atomic E-state index is 3.74. The molecule has 1 fully saturated rings. The molecule has 0 radical (unpaired) electrons. The second-order valence-electron chi connectivity index (χ2n) is 8.03. The average Bonchev–Trinajstić information content (AvgIpc) is 3.16. The first-order valence-corrected chi connectivity index (χ1v) is 8.52. The van der Waals surface area contributed by atoms with Crippen LogP contribution in [0.4, 0.5) is 0 Å². The van der Waals surface area contributed by atoms with Crippen molar-refractivity contribution in [3.8, 4) is 0 Å². The summed E-state index contributed by atoms with van der Waals surface area (Å²) >= 11 is 0. The molecule has 0 heterocycles. The van der Waals surface area contributed by atoms with Gasteiger partial charge in [-0.05, 0) is 76.0 Å². The Morgan fingerprint density at radius 3 is 2.76 bits per heavy atom. The van der Waals surface area contributed by atoms with Crippen LogP contribution in [0.5, 0.6) is 0 Å². The van der Waals surface area contributed by atoms with Crippen molar-refractivity contribution in [1.82, 2.24) is 10.6 Å². The first-order valence-electron chi connectivity index (χ1n) is 8.52. The lowest BCUT2D eigenvalue weighted by molar-refractivity contribution is 0.383. The summed E-state index contributed by atoms with van der Waals surface area (Å²) in [6.07, 6.45) is 2.68. The van der Waals surface area contributed by atoms with Crippen molar-refractivity contribution < 1.29 is 0 Å². The number of hydrogen-bond donors (Lipinski definition) is 2. The highest BCUT2D eigenvalue weighted by Crippen LogP contribution is 2.59. The summed E-state index contributed by atoms with van der Waals surface area (Å²) in [5, 5.41) is 7.32. The largest absolute Gasteiger partial charge is 0.313 e. The number of benzene rings is 1. The first kappa shape index (κ1) is 15.1. The number of hydrogen-bond acceptors (Lipinski definition) is 2. The van der Waals surface area contributed by atoms with Crippen molar-refractivity contribution in [3.05, 3.63) is 35.4 Å². The highest BCUT2D eigenvalue weighted by atomic mass is 15.0. The quantitative estimate of drug-likeness (QED) is 0.867. The molecule has 4 atom stereocenters. The molecule has 2 N–H and O–H groups in total. The maximum absolute atomic E-state index is 3.74. The Balaban J connectivity index is 1.48. The van der Waals surface area contributed by atoms with Gasteiger partial charge in [0.2, 0.25) is 0 Å². The molecule has 21 heavy (non-hydrogen) atoms. The van der Waals surface area contributed by atoms with E-state index in [9.17, 15) is 0 Å². The van der Waals surface area contributed by atoms with Crippen LogP contribution < -0.4 is 10.6 Å². The van der Waals surface area contributed by atoms with Gasteiger partial charge in [-0.2, -0.15) is 0 Å². The van der Waals surface area contributed by atoms with E-state index in [1.165, 1.54) is 19.4 Å². The molecule has 2 aliphatic carbocycles. The molecule has 0 amide bonds. The van der Waals surface area contributed by atoms with Gasteiger partial charge < -0.3 is 10.6 Å². The van der Waals surface area contributed by atoms with Gasteiger partial charge in [0.15, 0.2) is 0 Å². The third kappa shape index (κ3) is 3.49. The van der Waals surface area contributed by atoms with Crippen LogP contribution in [0.3, 0.4) is 0 Å². The fourth-order valence-electron chi connectivity index (χ4n) is 3.86. The molecule has 1 saturated carbocycles. The van der Waals surface area contributed by atoms with Crippen molar-refractivity contribution >= 4 is 0 Å². The van der Waals surface area contributed by atoms with Crippen LogP contribution in [0.15, 0.2) is 24.3 Å². The Labute approximate surface area is 129 Å². The third-order valence-corrected chi connectivity index (χ3v) is 5.13. The zero-order valence-corrected chi connectivity index (χ0v) is 13.9. The summed E-state index contributed by atoms with van der Waals surface area (Å²) in [4.78, 5) is 0. The summed E-state index contributed by atoms with van der Waals surface area (Å²) in [7, 11) is 0. The molecule has 0 aliphatic heterocycles. The summed E-state index contributed by atoms with van der Waals surface area (Å²) < 4.78 is 0. The SMILES string of the molecule is CC(CNC(C)(C)C)NCC1C2CCc3ccccc3C21. The van der Waals surface area contributed by atoms with Crippen molar-refractivity contribution in [3.63, 3.8) is 0 Å². The number of fused-ring (bicyclic) bond motifs is 3. The molecule has 2 heteroatoms. The van der Waals surface area contributed by atoms with Crippen LogP contribution in [0.2, 0.25) is 0 Å². The van der Waals surface area contributed by atoms with E-state index in [1.54, 1.807) is 11.1 Å². The minimum Gasteiger partial charge on any atom is -0.313 e. The van der Waals surface area contributed by atoms with Gasteiger partial charge in [0, 0.05) is 18.1 Å². The molecule has 2 nitrogen and oxygen atoms in total. The topological polar surface area (TPSA) is 24.1 Å². The van der Waals surface area contributed by atoms with Crippen LogP contribution in [0.25, 0.3) is 0 Å². The van der Waals surface area contributed by atoms with E-state index < -0.39 is 0 Å². The number of rotatable bonds is 5. The van der Waals surface area contributed by atoms with Crippen molar-refractivity contribution in [2.75, 3.05) is 13.1 Å². The van der Waals surface area contributed by atoms with Crippen LogP contribution in [0, 0.1) is 11.8 Å². The van der Waals surface area contributed by atoms with Gasteiger partial charge in [-0.1, -0.05) is 24.3 Å². The molecule has 0 aromatic heterocycles. The van der Waals surface area contributed by atoms with Gasteiger partial charge >= 0.3 is 0 Å². The Morgan fingerprint density at radius 1 is 1.24 bits per heavy atom. The lowest BCUT2D eigenvalue weighted by Crippen LogP contribution is -2.45. The lowest BCUT2D eigenvalue weighted by atomic mass is 9.92. The second-order valence-corrected chi connectivity index (χ2v) is 8.03. The van der Waals surface area contributed by atoms with E-state index in [0.29, 0.717) is 6.04 Å². The number of nitrogens with one attached hydrogen (secondary N) is 2. The minimum atomic E-state index is 0.211. The Bertz CT molecular complexity index is 489. The third-order valence-electron chi connectivity index (χ3n) is 5.13. The van der Waals surface area contributed by atoms with E-state index >= 15 is 0 Å². The van der Waals surface area contributed by atoms with Crippen LogP contribution >= 0.6 is 0 Å². The maximum Gasteiger partial charge on any atom is 0.0164 e. The molecule has 3 rings (SSSR count). The molecular formula is C19H30N2. The summed E-state index contributed by atoms with van der Waals surface area (Å²) in [6, 6.07) is 9.62. The predicted molar refractivity (Wildman–Crippen MR) is 89.7 cm³/mol. The van der Waals surface area contributed by atoms with E-state index in [-0.39, 0.29) is 5.54 Å². The van der Waals surface area contributed by atoms with Crippen molar-refractivity contribution in [1.29, 1.82) is 0 Å². The minimum absolute atomic E-state index is 0.211. The number of aryl methyl sites for hydroxylation is 1. The zero-order chi connectivity index (χ0) is 15.0. The Morgan fingerprint density at radius 2 is 2.00 bits per heavy atom. The standard InChI is InChI=1S/C19H30N2/c1-13(11-21-19(2,3)4)20-12-17-16-10-9-14-7-5-6-8-15(14)18(16)17/h5-8,13,16-18,20-21H,9-12H2,1-4H3. The van der Waals surface area contributed by atoms with E-state index in [1.807, 2.05) is 0 Å². The summed E-state index contributed by atoms with van der Waals surface area (Å²) in [5.74, 6) is 2.64. The monoisotopic (exact) mass is 286 g/mol. The van der Waals surface area contributed by atoms with Gasteiger partial charge in [-0.25, -0.2) is 0 Å². The summed E-state index contributed by atoms with van der Waals surface area (Å²) in [5.41, 5.74) is 3.45. The lowest BCUT2D eigenvalue weighted by Gasteiger charge is -2.24. The zero-order valence-electron chi connectivity index (χ0n) is 13.9. The van der Waals surface area contributed by atoms with Crippen LogP contribution in [-0.4, -0.2) is 24.7 Å². The van der Waals surface area contributed by atoms with Gasteiger partial charge in [0.1, 0.15) is 0 Å². The highest BCUT2D eigenvalue weighted by molar-refractivity contribution is 5.39. The van der Waals surface area contributed by atoms with Crippen LogP contribution in [0.1, 0.15) is 51.2 Å². The fourth-order valence-corrected chi connectivity index (χ4v) is 3.86. The molecule has 0 spiro atoms. The fraction of sp³-hybridized carbons (Fsp3) is 0.684.